The average molecular weight is 487 g/mol. The molecule has 2 aliphatic heterocycles. The Labute approximate surface area is 212 Å². The molecule has 0 radical (unpaired) electrons. The van der Waals surface area contributed by atoms with Gasteiger partial charge in [0.2, 0.25) is 11.7 Å². The molecule has 8 heteroatoms. The molecular weight excluding hydrogens is 452 g/mol. The lowest BCUT2D eigenvalue weighted by atomic mass is 9.73. The number of hydrogen-bond donors (Lipinski definition) is 0. The summed E-state index contributed by atoms with van der Waals surface area (Å²) in [6.45, 7) is 12.7. The van der Waals surface area contributed by atoms with E-state index in [9.17, 15) is 10.1 Å². The van der Waals surface area contributed by atoms with E-state index in [-0.39, 0.29) is 17.1 Å². The summed E-state index contributed by atoms with van der Waals surface area (Å²) in [5, 5.41) is 10.2. The minimum atomic E-state index is -0.524. The van der Waals surface area contributed by atoms with Gasteiger partial charge in [-0.2, -0.15) is 5.26 Å². The van der Waals surface area contributed by atoms with Crippen molar-refractivity contribution in [2.75, 3.05) is 31.6 Å². The van der Waals surface area contributed by atoms with Gasteiger partial charge in [0.25, 0.3) is 0 Å². The van der Waals surface area contributed by atoms with Gasteiger partial charge in [0, 0.05) is 29.5 Å². The van der Waals surface area contributed by atoms with Gasteiger partial charge in [-0.05, 0) is 67.7 Å². The standard InChI is InChI=1S/C28H34N6O2/c1-6-32-11-9-28(10-12-32)22-14-21(36-5)7-8-23(22)33(26(28)35)17-20-13-19-16-30-24(15-29)31-25(19)34(20)18-27(2,3)4/h7-8,13-14,16H,6,9-12,17-18H2,1-5H3. The number of anilines is 1. The summed E-state index contributed by atoms with van der Waals surface area (Å²) in [7, 11) is 1.67. The van der Waals surface area contributed by atoms with Crippen molar-refractivity contribution in [1.82, 2.24) is 19.4 Å². The number of nitriles is 1. The lowest BCUT2D eigenvalue weighted by Gasteiger charge is -2.38. The molecule has 2 aromatic heterocycles. The topological polar surface area (TPSA) is 87.3 Å². The molecule has 188 valence electrons. The lowest BCUT2D eigenvalue weighted by molar-refractivity contribution is -0.125. The molecule has 2 aliphatic rings. The van der Waals surface area contributed by atoms with Gasteiger partial charge in [0.15, 0.2) is 0 Å². The Morgan fingerprint density at radius 1 is 1.19 bits per heavy atom. The summed E-state index contributed by atoms with van der Waals surface area (Å²) in [6.07, 6.45) is 3.31. The van der Waals surface area contributed by atoms with Crippen molar-refractivity contribution in [3.63, 3.8) is 0 Å². The van der Waals surface area contributed by atoms with Crippen LogP contribution in [0.25, 0.3) is 11.0 Å². The van der Waals surface area contributed by atoms with Gasteiger partial charge in [-0.15, -0.1) is 0 Å². The predicted octanol–water partition coefficient (Wildman–Crippen LogP) is 4.26. The van der Waals surface area contributed by atoms with Crippen molar-refractivity contribution < 1.29 is 9.53 Å². The molecule has 1 amide bonds. The number of amides is 1. The first-order valence-electron chi connectivity index (χ1n) is 12.7. The van der Waals surface area contributed by atoms with Crippen LogP contribution >= 0.6 is 0 Å². The smallest absolute Gasteiger partial charge is 0.238 e. The summed E-state index contributed by atoms with van der Waals surface area (Å²) in [5.41, 5.74) is 3.22. The van der Waals surface area contributed by atoms with Gasteiger partial charge in [-0.1, -0.05) is 27.7 Å². The zero-order chi connectivity index (χ0) is 25.7. The number of likely N-dealkylation sites (tertiary alicyclic amines) is 1. The van der Waals surface area contributed by atoms with E-state index in [0.29, 0.717) is 13.1 Å². The highest BCUT2D eigenvalue weighted by Gasteiger charge is 2.52. The number of ether oxygens (including phenoxy) is 1. The number of carbonyl (C=O) groups is 1. The van der Waals surface area contributed by atoms with Crippen LogP contribution < -0.4 is 9.64 Å². The van der Waals surface area contributed by atoms with Gasteiger partial charge in [0.05, 0.1) is 19.1 Å². The van der Waals surface area contributed by atoms with Crippen molar-refractivity contribution in [3.05, 3.63) is 47.5 Å². The Morgan fingerprint density at radius 3 is 2.58 bits per heavy atom. The number of rotatable bonds is 5. The van der Waals surface area contributed by atoms with Crippen LogP contribution in [0.2, 0.25) is 0 Å². The number of carbonyl (C=O) groups excluding carboxylic acids is 1. The fourth-order valence-electron chi connectivity index (χ4n) is 5.73. The number of piperidine rings is 1. The second-order valence-corrected chi connectivity index (χ2v) is 11.2. The zero-order valence-electron chi connectivity index (χ0n) is 21.8. The third-order valence-corrected chi connectivity index (χ3v) is 7.59. The number of fused-ring (bicyclic) bond motifs is 3. The second kappa shape index (κ2) is 8.90. The second-order valence-electron chi connectivity index (χ2n) is 11.2. The van der Waals surface area contributed by atoms with E-state index in [2.05, 4.69) is 65.3 Å². The zero-order valence-corrected chi connectivity index (χ0v) is 21.8. The molecule has 3 aromatic rings. The molecule has 36 heavy (non-hydrogen) atoms. The first-order chi connectivity index (χ1) is 17.2. The van der Waals surface area contributed by atoms with Crippen LogP contribution in [0.5, 0.6) is 5.75 Å². The molecule has 0 atom stereocenters. The van der Waals surface area contributed by atoms with Crippen LogP contribution in [0.4, 0.5) is 5.69 Å². The van der Waals surface area contributed by atoms with Crippen LogP contribution in [0.15, 0.2) is 30.5 Å². The van der Waals surface area contributed by atoms with Crippen molar-refractivity contribution in [2.45, 2.75) is 59.0 Å². The summed E-state index contributed by atoms with van der Waals surface area (Å²) in [4.78, 5) is 27.3. The quantitative estimate of drug-likeness (QED) is 0.536. The fourth-order valence-corrected chi connectivity index (χ4v) is 5.73. The first-order valence-corrected chi connectivity index (χ1v) is 12.7. The molecule has 0 bridgehead atoms. The maximum absolute atomic E-state index is 14.2. The number of methoxy groups -OCH3 is 1. The Bertz CT molecular complexity index is 1350. The normalized spacial score (nSPS) is 17.6. The average Bonchev–Trinajstić information content (AvgIpc) is 3.31. The lowest BCUT2D eigenvalue weighted by Crippen LogP contribution is -2.48. The highest BCUT2D eigenvalue weighted by atomic mass is 16.5. The summed E-state index contributed by atoms with van der Waals surface area (Å²) in [5.74, 6) is 1.10. The number of nitrogens with zero attached hydrogens (tertiary/aromatic N) is 6. The summed E-state index contributed by atoms with van der Waals surface area (Å²) in [6, 6.07) is 10.1. The molecule has 5 rings (SSSR count). The summed E-state index contributed by atoms with van der Waals surface area (Å²) < 4.78 is 7.71. The Morgan fingerprint density at radius 2 is 1.94 bits per heavy atom. The molecule has 0 N–H and O–H groups in total. The maximum Gasteiger partial charge on any atom is 0.238 e. The minimum absolute atomic E-state index is 0.0209. The highest BCUT2D eigenvalue weighted by Crippen LogP contribution is 2.49. The van der Waals surface area contributed by atoms with Gasteiger partial charge >= 0.3 is 0 Å². The molecule has 1 aromatic carbocycles. The monoisotopic (exact) mass is 486 g/mol. The molecule has 1 spiro atoms. The number of aromatic nitrogens is 3. The van der Waals surface area contributed by atoms with E-state index >= 15 is 0 Å². The van der Waals surface area contributed by atoms with E-state index in [1.807, 2.05) is 17.0 Å². The van der Waals surface area contributed by atoms with Crippen LogP contribution in [0.3, 0.4) is 0 Å². The maximum atomic E-state index is 14.2. The molecule has 1 fully saturated rings. The largest absolute Gasteiger partial charge is 0.497 e. The van der Waals surface area contributed by atoms with Gasteiger partial charge in [-0.25, -0.2) is 9.97 Å². The van der Waals surface area contributed by atoms with E-state index in [1.54, 1.807) is 13.3 Å². The molecule has 4 heterocycles. The molecule has 8 nitrogen and oxygen atoms in total. The van der Waals surface area contributed by atoms with Crippen molar-refractivity contribution >= 4 is 22.6 Å². The van der Waals surface area contributed by atoms with Crippen molar-refractivity contribution in [3.8, 4) is 11.8 Å². The van der Waals surface area contributed by atoms with Crippen molar-refractivity contribution in [2.24, 2.45) is 5.41 Å². The third kappa shape index (κ3) is 4.01. The van der Waals surface area contributed by atoms with E-state index in [1.165, 1.54) is 0 Å². The Kier molecular flexibility index (Phi) is 6.00. The van der Waals surface area contributed by atoms with Crippen LogP contribution in [-0.4, -0.2) is 52.1 Å². The van der Waals surface area contributed by atoms with Crippen LogP contribution in [0, 0.1) is 16.7 Å². The van der Waals surface area contributed by atoms with Gasteiger partial charge < -0.3 is 19.1 Å². The van der Waals surface area contributed by atoms with E-state index in [0.717, 1.165) is 66.2 Å². The highest BCUT2D eigenvalue weighted by molar-refractivity contribution is 6.08. The SMILES string of the molecule is CCN1CCC2(CC1)C(=O)N(Cc1cc3cnc(C#N)nc3n1CC(C)(C)C)c1ccc(OC)cc12. The Hall–Kier alpha value is -3.44. The molecule has 0 aliphatic carbocycles. The Balaban J connectivity index is 1.59. The first kappa shape index (κ1) is 24.3. The van der Waals surface area contributed by atoms with E-state index in [4.69, 9.17) is 4.74 Å². The third-order valence-electron chi connectivity index (χ3n) is 7.59. The summed E-state index contributed by atoms with van der Waals surface area (Å²) >= 11 is 0. The van der Waals surface area contributed by atoms with E-state index < -0.39 is 5.41 Å². The molecule has 1 saturated heterocycles. The van der Waals surface area contributed by atoms with Crippen LogP contribution in [0.1, 0.15) is 57.6 Å². The predicted molar refractivity (Wildman–Crippen MR) is 139 cm³/mol. The fraction of sp³-hybridized carbons (Fsp3) is 0.500. The molecular formula is C28H34N6O2. The van der Waals surface area contributed by atoms with Gasteiger partial charge in [0.1, 0.15) is 17.5 Å². The number of benzene rings is 1. The van der Waals surface area contributed by atoms with Crippen molar-refractivity contribution in [1.29, 1.82) is 5.26 Å². The van der Waals surface area contributed by atoms with Gasteiger partial charge in [-0.3, -0.25) is 4.79 Å². The minimum Gasteiger partial charge on any atom is -0.497 e. The molecule has 0 saturated carbocycles. The number of hydrogen-bond acceptors (Lipinski definition) is 6. The molecule has 0 unspecified atom stereocenters. The van der Waals surface area contributed by atoms with Crippen LogP contribution in [-0.2, 0) is 23.3 Å².